The lowest BCUT2D eigenvalue weighted by Gasteiger charge is -2.46. The fourth-order valence-corrected chi connectivity index (χ4v) is 7.30. The Hall–Kier alpha value is -2.47. The molecule has 0 aliphatic carbocycles. The molecule has 24 nitrogen and oxygen atoms in total. The van der Waals surface area contributed by atoms with Crippen LogP contribution in [-0.2, 0) is 47.5 Å². The van der Waals surface area contributed by atoms with E-state index in [2.05, 4.69) is 10.6 Å². The highest BCUT2D eigenvalue weighted by atomic mass is 35.5. The number of amides is 2. The van der Waals surface area contributed by atoms with Gasteiger partial charge in [-0.15, -0.1) is 0 Å². The van der Waals surface area contributed by atoms with Crippen LogP contribution >= 0.6 is 11.6 Å². The third kappa shape index (κ3) is 10.6. The number of aliphatic carboxylic acids is 2. The quantitative estimate of drug-likeness (QED) is 0.0538. The van der Waals surface area contributed by atoms with E-state index in [1.54, 1.807) is 0 Å². The minimum absolute atomic E-state index is 0.476. The summed E-state index contributed by atoms with van der Waals surface area (Å²) >= 11 is 5.60. The van der Waals surface area contributed by atoms with Crippen molar-refractivity contribution in [1.82, 2.24) is 10.6 Å². The predicted molar refractivity (Wildman–Crippen MR) is 176 cm³/mol. The summed E-state index contributed by atoms with van der Waals surface area (Å²) in [6.45, 7) is -0.428. The van der Waals surface area contributed by atoms with E-state index >= 15 is 0 Å². The molecule has 13 N–H and O–H groups in total. The van der Waals surface area contributed by atoms with E-state index in [0.717, 1.165) is 6.92 Å². The van der Waals surface area contributed by atoms with E-state index in [1.807, 2.05) is 0 Å². The van der Waals surface area contributed by atoms with Crippen LogP contribution < -0.4 is 10.6 Å². The average molecular weight is 837 g/mol. The fourth-order valence-electron chi connectivity index (χ4n) is 7.17. The lowest BCUT2D eigenvalue weighted by atomic mass is 9.85. The fraction of sp³-hybridized carbons (Fsp3) is 0.871. The molecule has 0 saturated carbocycles. The molecule has 56 heavy (non-hydrogen) atoms. The zero-order valence-electron chi connectivity index (χ0n) is 29.9. The number of carboxylic acid groups (broad SMARTS) is 2. The molecule has 0 aromatic carbocycles. The van der Waals surface area contributed by atoms with Crippen LogP contribution in [0.3, 0.4) is 0 Å². The summed E-state index contributed by atoms with van der Waals surface area (Å²) in [5, 5.41) is 117. The van der Waals surface area contributed by atoms with Crippen LogP contribution in [0.2, 0.25) is 0 Å². The van der Waals surface area contributed by atoms with Crippen molar-refractivity contribution in [1.29, 1.82) is 0 Å². The Labute approximate surface area is 322 Å². The number of hydrogen-bond acceptors (Lipinski definition) is 20. The van der Waals surface area contributed by atoms with Crippen molar-refractivity contribution in [2.24, 2.45) is 17.8 Å². The van der Waals surface area contributed by atoms with E-state index in [1.165, 1.54) is 6.92 Å². The Balaban J connectivity index is 1.42. The maximum Gasteiger partial charge on any atom is 0.335 e. The second-order valence-electron chi connectivity index (χ2n) is 14.0. The summed E-state index contributed by atoms with van der Waals surface area (Å²) in [5.41, 5.74) is 0. The van der Waals surface area contributed by atoms with E-state index in [9.17, 15) is 75.3 Å². The summed E-state index contributed by atoms with van der Waals surface area (Å²) in [6, 6.07) is -2.51. The number of carboxylic acids is 2. The third-order valence-corrected chi connectivity index (χ3v) is 10.3. The van der Waals surface area contributed by atoms with Crippen molar-refractivity contribution >= 4 is 34.8 Å². The standard InChI is InChI=1S/C31H49ClN2O22/c1-8-17(37)10(5-51-30-23(43)20(40)21(41)25(56-30)27(46)47)15(34-31(32)49)14(53-8)7-50-4-12-19(39)22(42)29(55-24(12)26(44)45)52-6-11-16(33-9(2)36)28(48)54-13(3-35)18(11)38/h8,10-25,28-30,35,37-43,48H,3-7H2,1-2H3,(H,33,36)(H,34,49)(H,44,45)(H,46,47)/t8?,10?,11?,12-,13?,14-,15?,16?,17+,18-,19?,20?,21-,22?,23-,24?,25?,28+,29+,30+/m0/s1. The first kappa shape index (κ1) is 46.2. The zero-order valence-corrected chi connectivity index (χ0v) is 30.6. The van der Waals surface area contributed by atoms with Gasteiger partial charge in [-0.05, 0) is 18.5 Å². The van der Waals surface area contributed by atoms with Gasteiger partial charge in [0.1, 0.15) is 36.6 Å². The van der Waals surface area contributed by atoms with Gasteiger partial charge >= 0.3 is 17.3 Å². The van der Waals surface area contributed by atoms with Crippen molar-refractivity contribution in [3.63, 3.8) is 0 Å². The first-order chi connectivity index (χ1) is 26.3. The van der Waals surface area contributed by atoms with E-state index in [4.69, 9.17) is 44.8 Å². The summed E-state index contributed by atoms with van der Waals surface area (Å²) in [6.07, 6.45) is -25.3. The van der Waals surface area contributed by atoms with E-state index < -0.39 is 178 Å². The van der Waals surface area contributed by atoms with Gasteiger partial charge in [0.05, 0.1) is 69.5 Å². The Kier molecular flexibility index (Phi) is 16.5. The average Bonchev–Trinajstić information content (AvgIpc) is 3.12. The molecule has 11 unspecified atom stereocenters. The van der Waals surface area contributed by atoms with Gasteiger partial charge in [0.25, 0.3) is 0 Å². The van der Waals surface area contributed by atoms with Crippen molar-refractivity contribution < 1.29 is 109 Å². The van der Waals surface area contributed by atoms with E-state index in [0.29, 0.717) is 0 Å². The molecule has 4 heterocycles. The van der Waals surface area contributed by atoms with Crippen molar-refractivity contribution in [2.75, 3.05) is 33.0 Å². The van der Waals surface area contributed by atoms with E-state index in [-0.39, 0.29) is 0 Å². The number of aliphatic hydroxyl groups excluding tert-OH is 9. The molecule has 2 amide bonds. The highest BCUT2D eigenvalue weighted by Crippen LogP contribution is 2.33. The van der Waals surface area contributed by atoms with Crippen LogP contribution in [0.15, 0.2) is 0 Å². The summed E-state index contributed by atoms with van der Waals surface area (Å²) < 4.78 is 38.3. The number of aliphatic hydroxyl groups is 9. The highest BCUT2D eigenvalue weighted by Gasteiger charge is 2.52. The Morgan fingerprint density at radius 3 is 1.70 bits per heavy atom. The van der Waals surface area contributed by atoms with Gasteiger partial charge in [0, 0.05) is 24.7 Å². The molecule has 0 bridgehead atoms. The molecular formula is C31H49ClN2O22. The molecule has 4 rings (SSSR count). The van der Waals surface area contributed by atoms with Crippen LogP contribution in [0.1, 0.15) is 13.8 Å². The topological polar surface area (TPSA) is 379 Å². The SMILES string of the molecule is CC(=O)NC1C(CO[C@@H]2OC(C(=O)O)[C@@H](COC[C@@H]3OC(C)[C@@H](O)C(CO[C@@H]4OC(C(=O)O)[C@@H](O)C(O)[C@@H]4O)C3NC(=O)Cl)C(O)C2O)[C@H](O)C(CO)O[C@H]1O. The first-order valence-electron chi connectivity index (χ1n) is 17.5. The molecule has 4 saturated heterocycles. The molecule has 25 heteroatoms. The summed E-state index contributed by atoms with van der Waals surface area (Å²) in [4.78, 5) is 47.5. The monoisotopic (exact) mass is 836 g/mol. The highest BCUT2D eigenvalue weighted by molar-refractivity contribution is 6.63. The Bertz CT molecular complexity index is 1350. The van der Waals surface area contributed by atoms with Gasteiger partial charge in [0.2, 0.25) is 5.91 Å². The number of nitrogens with one attached hydrogen (secondary N) is 2. The lowest BCUT2D eigenvalue weighted by Crippen LogP contribution is -2.64. The number of ether oxygens (including phenoxy) is 7. The molecule has 0 aromatic rings. The maximum atomic E-state index is 12.3. The smallest absolute Gasteiger partial charge is 0.335 e. The van der Waals surface area contributed by atoms with Gasteiger partial charge in [-0.1, -0.05) is 0 Å². The maximum absolute atomic E-state index is 12.3. The Morgan fingerprint density at radius 2 is 1.16 bits per heavy atom. The predicted octanol–water partition coefficient (Wildman–Crippen LogP) is -6.65. The van der Waals surface area contributed by atoms with Gasteiger partial charge in [-0.25, -0.2) is 9.59 Å². The molecule has 0 spiro atoms. The third-order valence-electron chi connectivity index (χ3n) is 10.2. The molecule has 4 aliphatic rings. The van der Waals surface area contributed by atoms with Gasteiger partial charge in [-0.2, -0.15) is 0 Å². The van der Waals surface area contributed by atoms with Gasteiger partial charge in [0.15, 0.2) is 31.1 Å². The molecular weight excluding hydrogens is 788 g/mol. The van der Waals surface area contributed by atoms with Crippen LogP contribution in [0, 0.1) is 17.8 Å². The van der Waals surface area contributed by atoms with Crippen LogP contribution in [-0.4, -0.2) is 217 Å². The molecule has 4 aliphatic heterocycles. The number of carbonyl (C=O) groups is 4. The normalized spacial score (nSPS) is 44.4. The number of halogens is 1. The molecule has 0 radical (unpaired) electrons. The van der Waals surface area contributed by atoms with Crippen LogP contribution in [0.4, 0.5) is 4.79 Å². The van der Waals surface area contributed by atoms with Crippen molar-refractivity contribution in [2.45, 2.75) is 118 Å². The largest absolute Gasteiger partial charge is 0.479 e. The van der Waals surface area contributed by atoms with Crippen molar-refractivity contribution in [3.05, 3.63) is 0 Å². The van der Waals surface area contributed by atoms with Gasteiger partial charge in [-0.3, -0.25) is 9.59 Å². The second kappa shape index (κ2) is 20.0. The molecule has 20 atom stereocenters. The number of rotatable bonds is 15. The minimum atomic E-state index is -2.00. The summed E-state index contributed by atoms with van der Waals surface area (Å²) in [5.74, 6) is -7.68. The van der Waals surface area contributed by atoms with Crippen molar-refractivity contribution in [3.8, 4) is 0 Å². The molecule has 0 aromatic heterocycles. The molecule has 322 valence electrons. The lowest BCUT2D eigenvalue weighted by molar-refractivity contribution is -0.303. The van der Waals surface area contributed by atoms with Crippen LogP contribution in [0.5, 0.6) is 0 Å². The first-order valence-corrected chi connectivity index (χ1v) is 17.8. The Morgan fingerprint density at radius 1 is 0.607 bits per heavy atom. The molecule has 4 fully saturated rings. The summed E-state index contributed by atoms with van der Waals surface area (Å²) in [7, 11) is 0. The van der Waals surface area contributed by atoms with Crippen LogP contribution in [0.25, 0.3) is 0 Å². The zero-order chi connectivity index (χ0) is 41.8. The number of hydrogen-bond donors (Lipinski definition) is 13. The minimum Gasteiger partial charge on any atom is -0.479 e. The number of carbonyl (C=O) groups excluding carboxylic acids is 2. The second-order valence-corrected chi connectivity index (χ2v) is 14.3. The van der Waals surface area contributed by atoms with Gasteiger partial charge < -0.3 is 100.0 Å².